The zero-order valence-electron chi connectivity index (χ0n) is 6.02. The van der Waals surface area contributed by atoms with Gasteiger partial charge < -0.3 is 5.11 Å². The van der Waals surface area contributed by atoms with Crippen LogP contribution in [0.1, 0.15) is 27.2 Å². The van der Waals surface area contributed by atoms with Gasteiger partial charge in [-0.25, -0.2) is 0 Å². The molecule has 0 rings (SSSR count). The van der Waals surface area contributed by atoms with Gasteiger partial charge in [0.05, 0.1) is 0 Å². The Morgan fingerprint density at radius 3 is 1.88 bits per heavy atom. The summed E-state index contributed by atoms with van der Waals surface area (Å²) in [5, 5.41) is 8.70. The zero-order chi connectivity index (χ0) is 6.57. The molecule has 0 aromatic rings. The van der Waals surface area contributed by atoms with Gasteiger partial charge in [0, 0.05) is 6.61 Å². The van der Waals surface area contributed by atoms with Crippen molar-refractivity contribution in [3.05, 3.63) is 0 Å². The molecule has 0 spiro atoms. The second-order valence-corrected chi connectivity index (χ2v) is 2.59. The first-order chi connectivity index (χ1) is 3.72. The van der Waals surface area contributed by atoms with Crippen molar-refractivity contribution in [3.63, 3.8) is 0 Å². The summed E-state index contributed by atoms with van der Waals surface area (Å²) in [4.78, 5) is 0. The van der Waals surface area contributed by atoms with Crippen LogP contribution in [-0.2, 0) is 0 Å². The minimum Gasteiger partial charge on any atom is -0.396 e. The largest absolute Gasteiger partial charge is 0.396 e. The average molecular weight is 116 g/mol. The van der Waals surface area contributed by atoms with E-state index in [0.717, 1.165) is 6.42 Å². The normalized spacial score (nSPS) is 14.6. The summed E-state index contributed by atoms with van der Waals surface area (Å²) in [6.07, 6.45) is 1.09. The molecule has 1 heteroatoms. The maximum atomic E-state index is 8.70. The first-order valence-corrected chi connectivity index (χ1v) is 3.33. The molecule has 0 fully saturated rings. The lowest BCUT2D eigenvalue weighted by atomic mass is 9.95. The van der Waals surface area contributed by atoms with Crippen molar-refractivity contribution in [1.29, 1.82) is 0 Å². The van der Waals surface area contributed by atoms with Crippen LogP contribution in [0.2, 0.25) is 0 Å². The van der Waals surface area contributed by atoms with Gasteiger partial charge in [-0.15, -0.1) is 0 Å². The Morgan fingerprint density at radius 2 is 1.88 bits per heavy atom. The van der Waals surface area contributed by atoms with Crippen molar-refractivity contribution in [2.45, 2.75) is 27.2 Å². The highest BCUT2D eigenvalue weighted by molar-refractivity contribution is 4.57. The molecule has 0 bridgehead atoms. The molecule has 0 aliphatic heterocycles. The van der Waals surface area contributed by atoms with E-state index in [2.05, 4.69) is 20.8 Å². The molecule has 8 heavy (non-hydrogen) atoms. The predicted molar refractivity (Wildman–Crippen MR) is 35.7 cm³/mol. The average Bonchev–Trinajstić information content (AvgIpc) is 1.69. The molecule has 0 aliphatic carbocycles. The topological polar surface area (TPSA) is 20.2 Å². The van der Waals surface area contributed by atoms with E-state index in [1.807, 2.05) is 0 Å². The molecule has 0 aromatic carbocycles. The van der Waals surface area contributed by atoms with Gasteiger partial charge in [-0.2, -0.15) is 0 Å². The van der Waals surface area contributed by atoms with Crippen LogP contribution >= 0.6 is 0 Å². The third kappa shape index (κ3) is 2.31. The SMILES string of the molecule is CC[C@@H](CO)C(C)C. The van der Waals surface area contributed by atoms with E-state index in [4.69, 9.17) is 5.11 Å². The van der Waals surface area contributed by atoms with E-state index >= 15 is 0 Å². The molecule has 0 aromatic heterocycles. The molecular formula is C7H16O. The monoisotopic (exact) mass is 116 g/mol. The molecule has 0 amide bonds. The van der Waals surface area contributed by atoms with Crippen molar-refractivity contribution >= 4 is 0 Å². The molecule has 0 unspecified atom stereocenters. The van der Waals surface area contributed by atoms with E-state index in [-0.39, 0.29) is 0 Å². The summed E-state index contributed by atoms with van der Waals surface area (Å²) >= 11 is 0. The van der Waals surface area contributed by atoms with Crippen LogP contribution in [0.25, 0.3) is 0 Å². The Balaban J connectivity index is 3.35. The number of hydrogen-bond acceptors (Lipinski definition) is 1. The zero-order valence-corrected chi connectivity index (χ0v) is 6.02. The molecule has 0 saturated heterocycles. The van der Waals surface area contributed by atoms with Gasteiger partial charge in [-0.1, -0.05) is 27.2 Å². The summed E-state index contributed by atoms with van der Waals surface area (Å²) < 4.78 is 0. The first-order valence-electron chi connectivity index (χ1n) is 3.33. The molecule has 1 nitrogen and oxygen atoms in total. The maximum Gasteiger partial charge on any atom is 0.0461 e. The quantitative estimate of drug-likeness (QED) is 0.594. The number of hydrogen-bond donors (Lipinski definition) is 1. The highest BCUT2D eigenvalue weighted by atomic mass is 16.3. The fourth-order valence-corrected chi connectivity index (χ4v) is 0.811. The maximum absolute atomic E-state index is 8.70. The van der Waals surface area contributed by atoms with Crippen molar-refractivity contribution in [3.8, 4) is 0 Å². The van der Waals surface area contributed by atoms with Crippen molar-refractivity contribution in [1.82, 2.24) is 0 Å². The minimum absolute atomic E-state index is 0.341. The van der Waals surface area contributed by atoms with Gasteiger partial charge in [0.2, 0.25) is 0 Å². The van der Waals surface area contributed by atoms with E-state index in [1.165, 1.54) is 0 Å². The van der Waals surface area contributed by atoms with Gasteiger partial charge in [-0.05, 0) is 11.8 Å². The number of aliphatic hydroxyl groups is 1. The summed E-state index contributed by atoms with van der Waals surface area (Å²) in [5.74, 6) is 1.14. The second-order valence-electron chi connectivity index (χ2n) is 2.59. The van der Waals surface area contributed by atoms with Gasteiger partial charge in [-0.3, -0.25) is 0 Å². The second kappa shape index (κ2) is 3.90. The number of aliphatic hydroxyl groups excluding tert-OH is 1. The van der Waals surface area contributed by atoms with Gasteiger partial charge in [0.25, 0.3) is 0 Å². The molecule has 0 heterocycles. The third-order valence-corrected chi connectivity index (χ3v) is 1.70. The lowest BCUT2D eigenvalue weighted by Gasteiger charge is -2.14. The van der Waals surface area contributed by atoms with Crippen LogP contribution in [0.5, 0.6) is 0 Å². The highest BCUT2D eigenvalue weighted by Gasteiger charge is 2.07. The highest BCUT2D eigenvalue weighted by Crippen LogP contribution is 2.12. The summed E-state index contributed by atoms with van der Waals surface area (Å²) in [6.45, 7) is 6.74. The van der Waals surface area contributed by atoms with Crippen molar-refractivity contribution in [2.75, 3.05) is 6.61 Å². The van der Waals surface area contributed by atoms with Crippen molar-refractivity contribution < 1.29 is 5.11 Å². The van der Waals surface area contributed by atoms with Gasteiger partial charge in [0.1, 0.15) is 0 Å². The molecule has 1 atom stereocenters. The van der Waals surface area contributed by atoms with Crippen LogP contribution < -0.4 is 0 Å². The fourth-order valence-electron chi connectivity index (χ4n) is 0.811. The van der Waals surface area contributed by atoms with E-state index in [0.29, 0.717) is 18.4 Å². The van der Waals surface area contributed by atoms with Crippen LogP contribution in [0.15, 0.2) is 0 Å². The Kier molecular flexibility index (Phi) is 3.88. The minimum atomic E-state index is 0.341. The molecule has 0 saturated carbocycles. The van der Waals surface area contributed by atoms with Gasteiger partial charge >= 0.3 is 0 Å². The Hall–Kier alpha value is -0.0400. The smallest absolute Gasteiger partial charge is 0.0461 e. The third-order valence-electron chi connectivity index (χ3n) is 1.70. The lowest BCUT2D eigenvalue weighted by molar-refractivity contribution is 0.186. The van der Waals surface area contributed by atoms with Crippen LogP contribution in [0.3, 0.4) is 0 Å². The fraction of sp³-hybridized carbons (Fsp3) is 1.00. The van der Waals surface area contributed by atoms with Crippen molar-refractivity contribution in [2.24, 2.45) is 11.8 Å². The molecule has 1 N–H and O–H groups in total. The molecule has 50 valence electrons. The Morgan fingerprint density at radius 1 is 1.38 bits per heavy atom. The summed E-state index contributed by atoms with van der Waals surface area (Å²) in [5.41, 5.74) is 0. The Labute approximate surface area is 51.7 Å². The summed E-state index contributed by atoms with van der Waals surface area (Å²) in [7, 11) is 0. The molecule has 0 radical (unpaired) electrons. The Bertz CT molecular complexity index is 46.3. The standard InChI is InChI=1S/C7H16O/c1-4-7(5-8)6(2)3/h6-8H,4-5H2,1-3H3/t7-/m0/s1. The summed E-state index contributed by atoms with van der Waals surface area (Å²) in [6, 6.07) is 0. The van der Waals surface area contributed by atoms with Crippen LogP contribution in [0, 0.1) is 11.8 Å². The van der Waals surface area contributed by atoms with Gasteiger partial charge in [0.15, 0.2) is 0 Å². The van der Waals surface area contributed by atoms with Crippen LogP contribution in [-0.4, -0.2) is 11.7 Å². The van der Waals surface area contributed by atoms with E-state index in [1.54, 1.807) is 0 Å². The molecule has 0 aliphatic rings. The van der Waals surface area contributed by atoms with E-state index in [9.17, 15) is 0 Å². The lowest BCUT2D eigenvalue weighted by Crippen LogP contribution is -2.11. The predicted octanol–water partition coefficient (Wildman–Crippen LogP) is 1.66. The van der Waals surface area contributed by atoms with E-state index < -0.39 is 0 Å². The number of rotatable bonds is 3. The van der Waals surface area contributed by atoms with Crippen LogP contribution in [0.4, 0.5) is 0 Å². The first kappa shape index (κ1) is 7.96. The molecular weight excluding hydrogens is 100 g/mol.